The standard InChI is InChI=1S/C12H10N2/c1-9-8-14-11(7-13-9)6-10-4-2-3-5-12(10)14/h2-7H,1,8H2. The van der Waals surface area contributed by atoms with Crippen LogP contribution in [0.5, 0.6) is 0 Å². The highest BCUT2D eigenvalue weighted by Crippen LogP contribution is 2.22. The molecule has 0 spiro atoms. The zero-order valence-corrected chi connectivity index (χ0v) is 7.77. The maximum Gasteiger partial charge on any atom is 0.0648 e. The lowest BCUT2D eigenvalue weighted by Crippen LogP contribution is -2.07. The summed E-state index contributed by atoms with van der Waals surface area (Å²) in [5.74, 6) is 0. The van der Waals surface area contributed by atoms with Gasteiger partial charge in [0.1, 0.15) is 0 Å². The number of hydrogen-bond acceptors (Lipinski definition) is 1. The molecular formula is C12H10N2. The highest BCUT2D eigenvalue weighted by molar-refractivity contribution is 5.91. The normalized spacial score (nSPS) is 14.7. The second-order valence-electron chi connectivity index (χ2n) is 3.54. The van der Waals surface area contributed by atoms with Gasteiger partial charge in [0.05, 0.1) is 24.2 Å². The largest absolute Gasteiger partial charge is 0.334 e. The van der Waals surface area contributed by atoms with E-state index in [0.717, 1.165) is 12.2 Å². The van der Waals surface area contributed by atoms with Gasteiger partial charge in [-0.2, -0.15) is 0 Å². The third kappa shape index (κ3) is 0.940. The van der Waals surface area contributed by atoms with Gasteiger partial charge < -0.3 is 4.57 Å². The van der Waals surface area contributed by atoms with Gasteiger partial charge in [-0.05, 0) is 12.1 Å². The topological polar surface area (TPSA) is 17.3 Å². The minimum Gasteiger partial charge on any atom is -0.334 e. The number of aliphatic imine (C=N–C) groups is 1. The van der Waals surface area contributed by atoms with E-state index in [1.54, 1.807) is 0 Å². The Balaban J connectivity index is 2.37. The smallest absolute Gasteiger partial charge is 0.0648 e. The molecule has 1 aliphatic rings. The van der Waals surface area contributed by atoms with Crippen LogP contribution in [0.4, 0.5) is 0 Å². The minimum absolute atomic E-state index is 0.805. The molecular weight excluding hydrogens is 172 g/mol. The van der Waals surface area contributed by atoms with E-state index in [-0.39, 0.29) is 0 Å². The maximum absolute atomic E-state index is 4.23. The van der Waals surface area contributed by atoms with Gasteiger partial charge >= 0.3 is 0 Å². The Bertz CT molecular complexity index is 546. The van der Waals surface area contributed by atoms with Crippen molar-refractivity contribution >= 4 is 17.1 Å². The van der Waals surface area contributed by atoms with Crippen molar-refractivity contribution in [3.8, 4) is 0 Å². The third-order valence-electron chi connectivity index (χ3n) is 2.56. The Kier molecular flexibility index (Phi) is 1.39. The van der Waals surface area contributed by atoms with Crippen LogP contribution in [-0.4, -0.2) is 10.8 Å². The second-order valence-corrected chi connectivity index (χ2v) is 3.54. The van der Waals surface area contributed by atoms with Crippen molar-refractivity contribution in [3.63, 3.8) is 0 Å². The fourth-order valence-electron chi connectivity index (χ4n) is 1.90. The van der Waals surface area contributed by atoms with E-state index >= 15 is 0 Å². The summed E-state index contributed by atoms with van der Waals surface area (Å²) < 4.78 is 2.24. The molecule has 0 N–H and O–H groups in total. The number of hydrogen-bond donors (Lipinski definition) is 0. The molecule has 0 amide bonds. The average Bonchev–Trinajstić information content (AvgIpc) is 2.56. The quantitative estimate of drug-likeness (QED) is 0.596. The minimum atomic E-state index is 0.805. The third-order valence-corrected chi connectivity index (χ3v) is 2.56. The van der Waals surface area contributed by atoms with Crippen molar-refractivity contribution in [1.82, 2.24) is 4.57 Å². The number of fused-ring (bicyclic) bond motifs is 3. The molecule has 3 rings (SSSR count). The number of allylic oxidation sites excluding steroid dienone is 1. The van der Waals surface area contributed by atoms with Crippen LogP contribution in [-0.2, 0) is 6.54 Å². The van der Waals surface area contributed by atoms with Crippen LogP contribution in [0.25, 0.3) is 10.9 Å². The van der Waals surface area contributed by atoms with Gasteiger partial charge in [-0.25, -0.2) is 0 Å². The molecule has 2 nitrogen and oxygen atoms in total. The lowest BCUT2D eigenvalue weighted by Gasteiger charge is -2.11. The van der Waals surface area contributed by atoms with Crippen molar-refractivity contribution in [3.05, 3.63) is 48.3 Å². The summed E-state index contributed by atoms with van der Waals surface area (Å²) >= 11 is 0. The van der Waals surface area contributed by atoms with Gasteiger partial charge in [-0.1, -0.05) is 24.8 Å². The Morgan fingerprint density at radius 3 is 3.07 bits per heavy atom. The predicted octanol–water partition coefficient (Wildman–Crippen LogP) is 2.59. The lowest BCUT2D eigenvalue weighted by atomic mass is 10.2. The van der Waals surface area contributed by atoms with E-state index in [0.29, 0.717) is 0 Å². The fourth-order valence-corrected chi connectivity index (χ4v) is 1.90. The van der Waals surface area contributed by atoms with Crippen LogP contribution < -0.4 is 0 Å². The maximum atomic E-state index is 4.23. The Hall–Kier alpha value is -1.83. The molecule has 0 unspecified atom stereocenters. The van der Waals surface area contributed by atoms with Crippen LogP contribution in [0.1, 0.15) is 5.69 Å². The molecule has 68 valence electrons. The van der Waals surface area contributed by atoms with Crippen LogP contribution in [0.15, 0.2) is 47.6 Å². The van der Waals surface area contributed by atoms with Crippen molar-refractivity contribution in [1.29, 1.82) is 0 Å². The highest BCUT2D eigenvalue weighted by atomic mass is 15.0. The van der Waals surface area contributed by atoms with E-state index in [4.69, 9.17) is 0 Å². The van der Waals surface area contributed by atoms with Gasteiger partial charge in [0, 0.05) is 10.9 Å². The zero-order valence-electron chi connectivity index (χ0n) is 7.77. The Labute approximate surface area is 82.2 Å². The molecule has 2 aromatic rings. The van der Waals surface area contributed by atoms with Gasteiger partial charge in [-0.3, -0.25) is 4.99 Å². The molecule has 0 aliphatic carbocycles. The van der Waals surface area contributed by atoms with Gasteiger partial charge in [0.15, 0.2) is 0 Å². The molecule has 1 aliphatic heterocycles. The van der Waals surface area contributed by atoms with Crippen molar-refractivity contribution < 1.29 is 0 Å². The second kappa shape index (κ2) is 2.58. The van der Waals surface area contributed by atoms with E-state index in [9.17, 15) is 0 Å². The Morgan fingerprint density at radius 1 is 1.29 bits per heavy atom. The van der Waals surface area contributed by atoms with Gasteiger partial charge in [0.25, 0.3) is 0 Å². The highest BCUT2D eigenvalue weighted by Gasteiger charge is 2.10. The molecule has 1 aromatic carbocycles. The molecule has 2 heteroatoms. The Morgan fingerprint density at radius 2 is 2.14 bits per heavy atom. The van der Waals surface area contributed by atoms with E-state index < -0.39 is 0 Å². The molecule has 0 fully saturated rings. The number of rotatable bonds is 0. The first-order valence-corrected chi connectivity index (χ1v) is 4.65. The van der Waals surface area contributed by atoms with E-state index in [1.165, 1.54) is 16.6 Å². The molecule has 2 heterocycles. The lowest BCUT2D eigenvalue weighted by molar-refractivity contribution is 0.793. The summed E-state index contributed by atoms with van der Waals surface area (Å²) in [6.07, 6.45) is 1.88. The summed E-state index contributed by atoms with van der Waals surface area (Å²) in [7, 11) is 0. The number of aromatic nitrogens is 1. The molecule has 0 radical (unpaired) electrons. The fraction of sp³-hybridized carbons (Fsp3) is 0.0833. The first-order valence-electron chi connectivity index (χ1n) is 4.65. The van der Waals surface area contributed by atoms with E-state index in [2.05, 4.69) is 46.5 Å². The summed E-state index contributed by atoms with van der Waals surface area (Å²) in [4.78, 5) is 4.23. The van der Waals surface area contributed by atoms with E-state index in [1.807, 2.05) is 6.21 Å². The van der Waals surface area contributed by atoms with Crippen LogP contribution in [0, 0.1) is 0 Å². The van der Waals surface area contributed by atoms with Gasteiger partial charge in [0.2, 0.25) is 0 Å². The van der Waals surface area contributed by atoms with Crippen molar-refractivity contribution in [2.45, 2.75) is 6.54 Å². The first kappa shape index (κ1) is 7.56. The molecule has 0 atom stereocenters. The molecule has 0 bridgehead atoms. The van der Waals surface area contributed by atoms with Crippen molar-refractivity contribution in [2.75, 3.05) is 0 Å². The molecule has 0 saturated carbocycles. The molecule has 1 aromatic heterocycles. The summed E-state index contributed by atoms with van der Waals surface area (Å²) in [6, 6.07) is 10.5. The SMILES string of the molecule is C=C1Cn2c(cc3ccccc32)C=N1. The van der Waals surface area contributed by atoms with Crippen LogP contribution in [0.3, 0.4) is 0 Å². The number of nitrogens with zero attached hydrogens (tertiary/aromatic N) is 2. The van der Waals surface area contributed by atoms with Crippen LogP contribution in [0.2, 0.25) is 0 Å². The zero-order chi connectivity index (χ0) is 9.54. The average molecular weight is 182 g/mol. The molecule has 14 heavy (non-hydrogen) atoms. The van der Waals surface area contributed by atoms with Gasteiger partial charge in [-0.15, -0.1) is 0 Å². The van der Waals surface area contributed by atoms with Crippen LogP contribution >= 0.6 is 0 Å². The number of para-hydroxylation sites is 1. The molecule has 0 saturated heterocycles. The summed E-state index contributed by atoms with van der Waals surface area (Å²) in [5.41, 5.74) is 3.34. The van der Waals surface area contributed by atoms with Crippen molar-refractivity contribution in [2.24, 2.45) is 4.99 Å². The predicted molar refractivity (Wildman–Crippen MR) is 58.7 cm³/mol. The summed E-state index contributed by atoms with van der Waals surface area (Å²) in [6.45, 7) is 4.69. The first-order chi connectivity index (χ1) is 6.84. The number of benzene rings is 1. The monoisotopic (exact) mass is 182 g/mol. The summed E-state index contributed by atoms with van der Waals surface area (Å²) in [5, 5.41) is 1.27.